The molecule has 0 aromatic rings. The maximum absolute atomic E-state index is 11.1. The first-order valence-electron chi connectivity index (χ1n) is 7.42. The Hall–Kier alpha value is -1.06. The minimum atomic E-state index is -0.219. The standard InChI is InChI=1S/C15H26O4/c1-12(16)18-14-8-6-4-3-5-7-9-15(11-10-14)19-13(2)17/h14-15H,3-11H2,1-2H3/t14-,15-/m1/s1. The molecule has 1 aliphatic rings. The van der Waals surface area contributed by atoms with Crippen molar-refractivity contribution in [3.63, 3.8) is 0 Å². The van der Waals surface area contributed by atoms with Crippen LogP contribution in [0.25, 0.3) is 0 Å². The Morgan fingerprint density at radius 3 is 1.42 bits per heavy atom. The average molecular weight is 270 g/mol. The van der Waals surface area contributed by atoms with Crippen LogP contribution in [-0.4, -0.2) is 24.1 Å². The summed E-state index contributed by atoms with van der Waals surface area (Å²) in [6.45, 7) is 2.91. The molecule has 1 saturated carbocycles. The summed E-state index contributed by atoms with van der Waals surface area (Å²) < 4.78 is 10.7. The van der Waals surface area contributed by atoms with Gasteiger partial charge in [0.15, 0.2) is 0 Å². The fourth-order valence-electron chi connectivity index (χ4n) is 2.64. The predicted molar refractivity (Wildman–Crippen MR) is 72.7 cm³/mol. The van der Waals surface area contributed by atoms with E-state index in [-0.39, 0.29) is 24.1 Å². The molecule has 0 amide bonds. The molecule has 0 bridgehead atoms. The van der Waals surface area contributed by atoms with Crippen molar-refractivity contribution in [3.05, 3.63) is 0 Å². The Kier molecular flexibility index (Phi) is 7.53. The van der Waals surface area contributed by atoms with Crippen LogP contribution in [0.5, 0.6) is 0 Å². The van der Waals surface area contributed by atoms with Gasteiger partial charge >= 0.3 is 11.9 Å². The topological polar surface area (TPSA) is 52.6 Å². The molecule has 1 aliphatic carbocycles. The van der Waals surface area contributed by atoms with Crippen molar-refractivity contribution in [2.45, 2.75) is 83.8 Å². The van der Waals surface area contributed by atoms with Crippen molar-refractivity contribution in [1.82, 2.24) is 0 Å². The molecule has 19 heavy (non-hydrogen) atoms. The van der Waals surface area contributed by atoms with E-state index in [0.717, 1.165) is 38.5 Å². The van der Waals surface area contributed by atoms with Crippen molar-refractivity contribution < 1.29 is 19.1 Å². The molecule has 4 heteroatoms. The van der Waals surface area contributed by atoms with Gasteiger partial charge in [0.05, 0.1) is 0 Å². The van der Waals surface area contributed by atoms with Crippen molar-refractivity contribution in [2.75, 3.05) is 0 Å². The molecule has 0 radical (unpaired) electrons. The molecule has 0 N–H and O–H groups in total. The monoisotopic (exact) mass is 270 g/mol. The zero-order valence-electron chi connectivity index (χ0n) is 12.2. The van der Waals surface area contributed by atoms with Gasteiger partial charge in [-0.1, -0.05) is 19.3 Å². The van der Waals surface area contributed by atoms with Crippen LogP contribution in [-0.2, 0) is 19.1 Å². The third kappa shape index (κ3) is 7.85. The number of hydrogen-bond acceptors (Lipinski definition) is 4. The Balaban J connectivity index is 2.51. The van der Waals surface area contributed by atoms with E-state index in [1.165, 1.54) is 33.1 Å². The molecule has 0 saturated heterocycles. The molecule has 0 aromatic heterocycles. The summed E-state index contributed by atoms with van der Waals surface area (Å²) in [5.41, 5.74) is 0. The van der Waals surface area contributed by atoms with E-state index in [0.29, 0.717) is 0 Å². The normalized spacial score (nSPS) is 26.0. The Morgan fingerprint density at radius 1 is 0.684 bits per heavy atom. The largest absolute Gasteiger partial charge is 0.463 e. The van der Waals surface area contributed by atoms with E-state index < -0.39 is 0 Å². The molecule has 0 unspecified atom stereocenters. The number of carbonyl (C=O) groups is 2. The number of rotatable bonds is 2. The molecule has 0 spiro atoms. The molecule has 0 aliphatic heterocycles. The molecule has 0 heterocycles. The fourth-order valence-corrected chi connectivity index (χ4v) is 2.64. The van der Waals surface area contributed by atoms with Crippen LogP contribution < -0.4 is 0 Å². The van der Waals surface area contributed by atoms with E-state index in [1.807, 2.05) is 0 Å². The van der Waals surface area contributed by atoms with Crippen molar-refractivity contribution in [1.29, 1.82) is 0 Å². The molecule has 1 rings (SSSR count). The predicted octanol–water partition coefficient (Wildman–Crippen LogP) is 3.37. The van der Waals surface area contributed by atoms with Gasteiger partial charge in [-0.05, 0) is 38.5 Å². The number of carbonyl (C=O) groups excluding carboxylic acids is 2. The first-order valence-corrected chi connectivity index (χ1v) is 7.42. The zero-order valence-corrected chi connectivity index (χ0v) is 12.2. The summed E-state index contributed by atoms with van der Waals surface area (Å²) in [6.07, 6.45) is 9.19. The minimum Gasteiger partial charge on any atom is -0.463 e. The second-order valence-electron chi connectivity index (χ2n) is 5.39. The number of hydrogen-bond donors (Lipinski definition) is 0. The Bertz CT molecular complexity index is 260. The van der Waals surface area contributed by atoms with Gasteiger partial charge in [0.1, 0.15) is 12.2 Å². The summed E-state index contributed by atoms with van der Waals surface area (Å²) in [5, 5.41) is 0. The Morgan fingerprint density at radius 2 is 1.05 bits per heavy atom. The SMILES string of the molecule is CC(=O)O[C@@H]1CCCCCCC[C@@H](OC(C)=O)CC1. The molecular formula is C15H26O4. The maximum Gasteiger partial charge on any atom is 0.302 e. The Labute approximate surface area is 115 Å². The van der Waals surface area contributed by atoms with Crippen LogP contribution in [0.15, 0.2) is 0 Å². The lowest BCUT2D eigenvalue weighted by atomic mass is 10.0. The van der Waals surface area contributed by atoms with Crippen LogP contribution in [0.2, 0.25) is 0 Å². The second-order valence-corrected chi connectivity index (χ2v) is 5.39. The first-order chi connectivity index (χ1) is 9.08. The molecule has 4 nitrogen and oxygen atoms in total. The zero-order chi connectivity index (χ0) is 14.1. The molecule has 110 valence electrons. The molecular weight excluding hydrogens is 244 g/mol. The van der Waals surface area contributed by atoms with Crippen molar-refractivity contribution in [3.8, 4) is 0 Å². The van der Waals surface area contributed by atoms with Gasteiger partial charge in [0, 0.05) is 13.8 Å². The van der Waals surface area contributed by atoms with Gasteiger partial charge < -0.3 is 9.47 Å². The van der Waals surface area contributed by atoms with Crippen LogP contribution in [0, 0.1) is 0 Å². The van der Waals surface area contributed by atoms with E-state index in [2.05, 4.69) is 0 Å². The number of ether oxygens (including phenoxy) is 2. The van der Waals surface area contributed by atoms with Gasteiger partial charge in [-0.25, -0.2) is 0 Å². The minimum absolute atomic E-state index is 0.0198. The quantitative estimate of drug-likeness (QED) is 0.722. The van der Waals surface area contributed by atoms with Gasteiger partial charge in [-0.2, -0.15) is 0 Å². The van der Waals surface area contributed by atoms with E-state index in [4.69, 9.17) is 9.47 Å². The summed E-state index contributed by atoms with van der Waals surface area (Å²) in [5.74, 6) is -0.437. The smallest absolute Gasteiger partial charge is 0.302 e. The molecule has 1 fully saturated rings. The van der Waals surface area contributed by atoms with Gasteiger partial charge in [0.2, 0.25) is 0 Å². The molecule has 2 atom stereocenters. The first kappa shape index (κ1) is 16.0. The van der Waals surface area contributed by atoms with Gasteiger partial charge in [0.25, 0.3) is 0 Å². The van der Waals surface area contributed by atoms with Crippen LogP contribution in [0.1, 0.15) is 71.6 Å². The van der Waals surface area contributed by atoms with Crippen molar-refractivity contribution >= 4 is 11.9 Å². The highest BCUT2D eigenvalue weighted by molar-refractivity contribution is 5.66. The van der Waals surface area contributed by atoms with Gasteiger partial charge in [-0.3, -0.25) is 9.59 Å². The lowest BCUT2D eigenvalue weighted by molar-refractivity contribution is -0.151. The van der Waals surface area contributed by atoms with Crippen LogP contribution >= 0.6 is 0 Å². The van der Waals surface area contributed by atoms with E-state index in [9.17, 15) is 9.59 Å². The maximum atomic E-state index is 11.1. The van der Waals surface area contributed by atoms with E-state index in [1.54, 1.807) is 0 Å². The van der Waals surface area contributed by atoms with Crippen LogP contribution in [0.4, 0.5) is 0 Å². The third-order valence-electron chi connectivity index (χ3n) is 3.53. The summed E-state index contributed by atoms with van der Waals surface area (Å²) in [4.78, 5) is 22.2. The van der Waals surface area contributed by atoms with Gasteiger partial charge in [-0.15, -0.1) is 0 Å². The summed E-state index contributed by atoms with van der Waals surface area (Å²) in [7, 11) is 0. The average Bonchev–Trinajstić information content (AvgIpc) is 2.35. The highest BCUT2D eigenvalue weighted by Crippen LogP contribution is 2.21. The van der Waals surface area contributed by atoms with E-state index >= 15 is 0 Å². The second kappa shape index (κ2) is 8.94. The summed E-state index contributed by atoms with van der Waals surface area (Å²) in [6, 6.07) is 0. The fraction of sp³-hybridized carbons (Fsp3) is 0.867. The third-order valence-corrected chi connectivity index (χ3v) is 3.53. The van der Waals surface area contributed by atoms with Crippen molar-refractivity contribution in [2.24, 2.45) is 0 Å². The summed E-state index contributed by atoms with van der Waals surface area (Å²) >= 11 is 0. The highest BCUT2D eigenvalue weighted by Gasteiger charge is 2.18. The molecule has 0 aromatic carbocycles. The lowest BCUT2D eigenvalue weighted by Crippen LogP contribution is -2.22. The van der Waals surface area contributed by atoms with Crippen LogP contribution in [0.3, 0.4) is 0 Å². The number of esters is 2. The highest BCUT2D eigenvalue weighted by atomic mass is 16.5. The lowest BCUT2D eigenvalue weighted by Gasteiger charge is -2.20.